The van der Waals surface area contributed by atoms with Gasteiger partial charge in [0.15, 0.2) is 0 Å². The van der Waals surface area contributed by atoms with Crippen molar-refractivity contribution in [2.45, 2.75) is 32.2 Å². The second kappa shape index (κ2) is 7.67. The Labute approximate surface area is 130 Å². The number of benzene rings is 1. The molecular weight excluding hydrogens is 316 g/mol. The van der Waals surface area contributed by atoms with Crippen LogP contribution in [0.25, 0.3) is 0 Å². The summed E-state index contributed by atoms with van der Waals surface area (Å²) in [7, 11) is 1.86. The number of hydrogen-bond acceptors (Lipinski definition) is 2. The molecule has 0 spiro atoms. The maximum atomic E-state index is 11.7. The molecule has 0 radical (unpaired) electrons. The molecule has 4 heteroatoms. The lowest BCUT2D eigenvalue weighted by Crippen LogP contribution is -2.29. The zero-order chi connectivity index (χ0) is 14.4. The first-order valence-electron chi connectivity index (χ1n) is 7.34. The van der Waals surface area contributed by atoms with Crippen molar-refractivity contribution in [2.75, 3.05) is 30.4 Å². The second-order valence-corrected chi connectivity index (χ2v) is 6.20. The van der Waals surface area contributed by atoms with Crippen LogP contribution in [0.5, 0.6) is 0 Å². The number of amides is 1. The molecule has 110 valence electrons. The third-order valence-corrected chi connectivity index (χ3v) is 4.21. The van der Waals surface area contributed by atoms with Gasteiger partial charge in [-0.15, -0.1) is 0 Å². The molecule has 0 unspecified atom stereocenters. The molecule has 1 fully saturated rings. The van der Waals surface area contributed by atoms with Crippen molar-refractivity contribution in [3.05, 3.63) is 29.8 Å². The molecular formula is C16H23BrN2O. The van der Waals surface area contributed by atoms with Crippen LogP contribution in [0.2, 0.25) is 0 Å². The van der Waals surface area contributed by atoms with Crippen LogP contribution in [0.15, 0.2) is 24.3 Å². The Kier molecular flexibility index (Phi) is 5.89. The van der Waals surface area contributed by atoms with Gasteiger partial charge in [-0.2, -0.15) is 0 Å². The minimum Gasteiger partial charge on any atom is -0.372 e. The van der Waals surface area contributed by atoms with Crippen LogP contribution < -0.4 is 4.90 Å². The molecule has 3 nitrogen and oxygen atoms in total. The van der Waals surface area contributed by atoms with E-state index in [0.717, 1.165) is 5.33 Å². The van der Waals surface area contributed by atoms with E-state index in [-0.39, 0.29) is 5.91 Å². The third-order valence-electron chi connectivity index (χ3n) is 3.81. The predicted octanol–water partition coefficient (Wildman–Crippen LogP) is 3.42. The van der Waals surface area contributed by atoms with Gasteiger partial charge in [0.25, 0.3) is 0 Å². The molecule has 0 bridgehead atoms. The maximum absolute atomic E-state index is 11.7. The largest absolute Gasteiger partial charge is 0.372 e. The lowest BCUT2D eigenvalue weighted by Gasteiger charge is -2.29. The summed E-state index contributed by atoms with van der Waals surface area (Å²) in [6.07, 6.45) is 4.51. The number of anilines is 1. The topological polar surface area (TPSA) is 23.6 Å². The van der Waals surface area contributed by atoms with E-state index in [1.54, 1.807) is 4.90 Å². The van der Waals surface area contributed by atoms with Crippen molar-refractivity contribution >= 4 is 27.5 Å². The standard InChI is InChI=1S/C16H23BrN2O/c1-18(16(20)9-10-17)13-14-5-7-15(8-6-14)19-11-3-2-4-12-19/h5-8H,2-4,9-13H2,1H3. The van der Waals surface area contributed by atoms with Gasteiger partial charge < -0.3 is 9.80 Å². The fourth-order valence-electron chi connectivity index (χ4n) is 2.60. The van der Waals surface area contributed by atoms with Crippen molar-refractivity contribution in [1.29, 1.82) is 0 Å². The van der Waals surface area contributed by atoms with Crippen LogP contribution in [-0.4, -0.2) is 36.3 Å². The van der Waals surface area contributed by atoms with Crippen molar-refractivity contribution in [2.24, 2.45) is 0 Å². The van der Waals surface area contributed by atoms with Crippen LogP contribution in [0.1, 0.15) is 31.2 Å². The monoisotopic (exact) mass is 338 g/mol. The quantitative estimate of drug-likeness (QED) is 0.768. The molecule has 1 amide bonds. The molecule has 1 aromatic rings. The summed E-state index contributed by atoms with van der Waals surface area (Å²) in [5.41, 5.74) is 2.50. The second-order valence-electron chi connectivity index (χ2n) is 5.40. The van der Waals surface area contributed by atoms with Crippen molar-refractivity contribution in [1.82, 2.24) is 4.90 Å². The smallest absolute Gasteiger partial charge is 0.223 e. The van der Waals surface area contributed by atoms with Crippen molar-refractivity contribution in [3.8, 4) is 0 Å². The number of carbonyl (C=O) groups excluding carboxylic acids is 1. The van der Waals surface area contributed by atoms with Gasteiger partial charge in [0.05, 0.1) is 0 Å². The molecule has 1 aliphatic heterocycles. The van der Waals surface area contributed by atoms with E-state index >= 15 is 0 Å². The number of halogens is 1. The van der Waals surface area contributed by atoms with E-state index in [0.29, 0.717) is 13.0 Å². The Morgan fingerprint density at radius 2 is 1.85 bits per heavy atom. The highest BCUT2D eigenvalue weighted by atomic mass is 79.9. The highest BCUT2D eigenvalue weighted by molar-refractivity contribution is 9.09. The summed E-state index contributed by atoms with van der Waals surface area (Å²) >= 11 is 3.30. The molecule has 0 saturated carbocycles. The van der Waals surface area contributed by atoms with E-state index in [1.807, 2.05) is 7.05 Å². The van der Waals surface area contributed by atoms with Gasteiger partial charge in [-0.05, 0) is 37.0 Å². The van der Waals surface area contributed by atoms with E-state index in [1.165, 1.54) is 43.6 Å². The van der Waals surface area contributed by atoms with Crippen LogP contribution in [0, 0.1) is 0 Å². The number of piperidine rings is 1. The zero-order valence-electron chi connectivity index (χ0n) is 12.1. The summed E-state index contributed by atoms with van der Waals surface area (Å²) in [6, 6.07) is 8.65. The summed E-state index contributed by atoms with van der Waals surface area (Å²) in [6.45, 7) is 3.03. The fourth-order valence-corrected chi connectivity index (χ4v) is 2.94. The molecule has 0 aliphatic carbocycles. The number of alkyl halides is 1. The van der Waals surface area contributed by atoms with Crippen LogP contribution >= 0.6 is 15.9 Å². The number of rotatable bonds is 5. The fraction of sp³-hybridized carbons (Fsp3) is 0.562. The van der Waals surface area contributed by atoms with Crippen molar-refractivity contribution < 1.29 is 4.79 Å². The average Bonchev–Trinajstić information content (AvgIpc) is 2.49. The molecule has 1 heterocycles. The van der Waals surface area contributed by atoms with Gasteiger partial charge in [-0.25, -0.2) is 0 Å². The van der Waals surface area contributed by atoms with Crippen LogP contribution in [0.3, 0.4) is 0 Å². The van der Waals surface area contributed by atoms with Gasteiger partial charge in [0, 0.05) is 44.1 Å². The Bertz CT molecular complexity index is 427. The maximum Gasteiger partial charge on any atom is 0.223 e. The molecule has 0 atom stereocenters. The first kappa shape index (κ1) is 15.4. The number of carbonyl (C=O) groups is 1. The Morgan fingerprint density at radius 3 is 2.45 bits per heavy atom. The van der Waals surface area contributed by atoms with Gasteiger partial charge in [0.2, 0.25) is 5.91 Å². The molecule has 0 N–H and O–H groups in total. The summed E-state index contributed by atoms with van der Waals surface area (Å²) in [4.78, 5) is 16.0. The third kappa shape index (κ3) is 4.23. The van der Waals surface area contributed by atoms with Crippen molar-refractivity contribution in [3.63, 3.8) is 0 Å². The Morgan fingerprint density at radius 1 is 1.20 bits per heavy atom. The first-order chi connectivity index (χ1) is 9.70. The number of nitrogens with zero attached hydrogens (tertiary/aromatic N) is 2. The minimum atomic E-state index is 0.182. The molecule has 1 saturated heterocycles. The summed E-state index contributed by atoms with van der Waals surface area (Å²) in [5.74, 6) is 0.182. The highest BCUT2D eigenvalue weighted by Gasteiger charge is 2.11. The first-order valence-corrected chi connectivity index (χ1v) is 8.46. The molecule has 1 aliphatic rings. The normalized spacial score (nSPS) is 15.2. The molecule has 1 aromatic carbocycles. The minimum absolute atomic E-state index is 0.182. The van der Waals surface area contributed by atoms with E-state index in [9.17, 15) is 4.79 Å². The van der Waals surface area contributed by atoms with E-state index in [2.05, 4.69) is 45.1 Å². The summed E-state index contributed by atoms with van der Waals surface area (Å²) < 4.78 is 0. The van der Waals surface area contributed by atoms with Gasteiger partial charge in [-0.1, -0.05) is 28.1 Å². The lowest BCUT2D eigenvalue weighted by atomic mass is 10.1. The average molecular weight is 339 g/mol. The van der Waals surface area contributed by atoms with Crippen LogP contribution in [-0.2, 0) is 11.3 Å². The van der Waals surface area contributed by atoms with Gasteiger partial charge in [0.1, 0.15) is 0 Å². The zero-order valence-corrected chi connectivity index (χ0v) is 13.7. The molecule has 20 heavy (non-hydrogen) atoms. The lowest BCUT2D eigenvalue weighted by molar-refractivity contribution is -0.129. The number of hydrogen-bond donors (Lipinski definition) is 0. The van der Waals surface area contributed by atoms with Crippen LogP contribution in [0.4, 0.5) is 5.69 Å². The summed E-state index contributed by atoms with van der Waals surface area (Å²) in [5, 5.41) is 0.726. The van der Waals surface area contributed by atoms with Gasteiger partial charge >= 0.3 is 0 Å². The Hall–Kier alpha value is -1.03. The van der Waals surface area contributed by atoms with E-state index in [4.69, 9.17) is 0 Å². The molecule has 2 rings (SSSR count). The highest BCUT2D eigenvalue weighted by Crippen LogP contribution is 2.20. The van der Waals surface area contributed by atoms with E-state index < -0.39 is 0 Å². The Balaban J connectivity index is 1.92. The predicted molar refractivity (Wildman–Crippen MR) is 87.4 cm³/mol. The molecule has 0 aromatic heterocycles. The SMILES string of the molecule is CN(Cc1ccc(N2CCCCC2)cc1)C(=O)CCBr. The van der Waals surface area contributed by atoms with Gasteiger partial charge in [-0.3, -0.25) is 4.79 Å².